The molecule has 0 aliphatic heterocycles. The molecule has 24 heavy (non-hydrogen) atoms. The SMILES string of the molecule is CCCCNC(=NCC(=O)N(C)C)NCCc1cccc(F)c1.I. The van der Waals surface area contributed by atoms with Crippen molar-refractivity contribution in [1.29, 1.82) is 0 Å². The standard InChI is InChI=1S/C17H27FN4O.HI/c1-4-5-10-19-17(21-13-16(23)22(2)3)20-11-9-14-7-6-8-15(18)12-14;/h6-8,12H,4-5,9-11,13H2,1-3H3,(H2,19,20,21);1H. The van der Waals surface area contributed by atoms with Crippen LogP contribution in [0.4, 0.5) is 4.39 Å². The summed E-state index contributed by atoms with van der Waals surface area (Å²) in [6.07, 6.45) is 2.81. The summed E-state index contributed by atoms with van der Waals surface area (Å²) in [6, 6.07) is 6.55. The maximum atomic E-state index is 13.1. The number of rotatable bonds is 8. The molecule has 1 aromatic carbocycles. The van der Waals surface area contributed by atoms with E-state index in [0.29, 0.717) is 18.9 Å². The second-order valence-corrected chi connectivity index (χ2v) is 5.54. The normalized spacial score (nSPS) is 10.8. The van der Waals surface area contributed by atoms with Crippen LogP contribution in [-0.2, 0) is 11.2 Å². The lowest BCUT2D eigenvalue weighted by Crippen LogP contribution is -2.40. The number of hydrogen-bond donors (Lipinski definition) is 2. The Labute approximate surface area is 161 Å². The third kappa shape index (κ3) is 9.69. The molecule has 0 bridgehead atoms. The van der Waals surface area contributed by atoms with Crippen molar-refractivity contribution in [3.05, 3.63) is 35.6 Å². The van der Waals surface area contributed by atoms with Crippen LogP contribution in [0.25, 0.3) is 0 Å². The summed E-state index contributed by atoms with van der Waals surface area (Å²) < 4.78 is 13.1. The van der Waals surface area contributed by atoms with Gasteiger partial charge in [0, 0.05) is 27.2 Å². The zero-order valence-corrected chi connectivity index (χ0v) is 17.0. The van der Waals surface area contributed by atoms with E-state index < -0.39 is 0 Å². The van der Waals surface area contributed by atoms with Crippen molar-refractivity contribution in [3.63, 3.8) is 0 Å². The molecule has 0 saturated heterocycles. The zero-order chi connectivity index (χ0) is 17.1. The first-order chi connectivity index (χ1) is 11.0. The highest BCUT2D eigenvalue weighted by Crippen LogP contribution is 2.03. The van der Waals surface area contributed by atoms with Gasteiger partial charge in [0.25, 0.3) is 0 Å². The lowest BCUT2D eigenvalue weighted by atomic mass is 10.1. The Kier molecular flexibility index (Phi) is 12.2. The van der Waals surface area contributed by atoms with Crippen molar-refractivity contribution in [2.24, 2.45) is 4.99 Å². The molecule has 1 aromatic rings. The van der Waals surface area contributed by atoms with E-state index in [-0.39, 0.29) is 42.2 Å². The van der Waals surface area contributed by atoms with Gasteiger partial charge in [0.2, 0.25) is 5.91 Å². The number of guanidine groups is 1. The van der Waals surface area contributed by atoms with Crippen molar-refractivity contribution in [2.45, 2.75) is 26.2 Å². The monoisotopic (exact) mass is 450 g/mol. The molecule has 0 radical (unpaired) electrons. The van der Waals surface area contributed by atoms with E-state index >= 15 is 0 Å². The Hall–Kier alpha value is -1.38. The molecule has 7 heteroatoms. The molecule has 1 rings (SSSR count). The van der Waals surface area contributed by atoms with Gasteiger partial charge in [0.05, 0.1) is 0 Å². The van der Waals surface area contributed by atoms with E-state index in [1.165, 1.54) is 17.0 Å². The number of unbranched alkanes of at least 4 members (excludes halogenated alkanes) is 1. The van der Waals surface area contributed by atoms with Gasteiger partial charge < -0.3 is 15.5 Å². The molecule has 0 fully saturated rings. The van der Waals surface area contributed by atoms with Crippen LogP contribution in [0.2, 0.25) is 0 Å². The lowest BCUT2D eigenvalue weighted by Gasteiger charge is -2.13. The summed E-state index contributed by atoms with van der Waals surface area (Å²) in [5, 5.41) is 6.39. The number of aliphatic imine (C=N–C) groups is 1. The number of nitrogens with one attached hydrogen (secondary N) is 2. The van der Waals surface area contributed by atoms with E-state index in [4.69, 9.17) is 0 Å². The molecule has 0 unspecified atom stereocenters. The van der Waals surface area contributed by atoms with Crippen LogP contribution in [0.3, 0.4) is 0 Å². The van der Waals surface area contributed by atoms with Crippen LogP contribution in [0.5, 0.6) is 0 Å². The number of likely N-dealkylation sites (N-methyl/N-ethyl adjacent to an activating group) is 1. The fourth-order valence-corrected chi connectivity index (χ4v) is 1.86. The largest absolute Gasteiger partial charge is 0.356 e. The second-order valence-electron chi connectivity index (χ2n) is 5.54. The predicted molar refractivity (Wildman–Crippen MR) is 107 cm³/mol. The number of benzene rings is 1. The predicted octanol–water partition coefficient (Wildman–Crippen LogP) is 2.41. The molecule has 0 aromatic heterocycles. The van der Waals surface area contributed by atoms with Gasteiger partial charge in [0.15, 0.2) is 5.96 Å². The third-order valence-electron chi connectivity index (χ3n) is 3.29. The smallest absolute Gasteiger partial charge is 0.243 e. The average molecular weight is 450 g/mol. The zero-order valence-electron chi connectivity index (χ0n) is 14.6. The molecular formula is C17H28FIN4O. The van der Waals surface area contributed by atoms with E-state index in [0.717, 1.165) is 24.9 Å². The molecule has 0 spiro atoms. The molecule has 136 valence electrons. The molecule has 0 aliphatic carbocycles. The number of carbonyl (C=O) groups excluding carboxylic acids is 1. The highest BCUT2D eigenvalue weighted by molar-refractivity contribution is 14.0. The quantitative estimate of drug-likeness (QED) is 0.277. The van der Waals surface area contributed by atoms with Gasteiger partial charge in [-0.2, -0.15) is 0 Å². The van der Waals surface area contributed by atoms with Crippen molar-refractivity contribution in [3.8, 4) is 0 Å². The van der Waals surface area contributed by atoms with Crippen LogP contribution in [0, 0.1) is 5.82 Å². The Morgan fingerprint density at radius 2 is 1.96 bits per heavy atom. The third-order valence-corrected chi connectivity index (χ3v) is 3.29. The maximum absolute atomic E-state index is 13.1. The highest BCUT2D eigenvalue weighted by Gasteiger charge is 2.04. The van der Waals surface area contributed by atoms with Gasteiger partial charge >= 0.3 is 0 Å². The number of hydrogen-bond acceptors (Lipinski definition) is 2. The fourth-order valence-electron chi connectivity index (χ4n) is 1.86. The van der Waals surface area contributed by atoms with E-state index in [1.807, 2.05) is 6.07 Å². The summed E-state index contributed by atoms with van der Waals surface area (Å²) in [4.78, 5) is 17.4. The first-order valence-electron chi connectivity index (χ1n) is 7.99. The molecule has 1 amide bonds. The van der Waals surface area contributed by atoms with Gasteiger partial charge in [-0.15, -0.1) is 24.0 Å². The first kappa shape index (κ1) is 22.6. The summed E-state index contributed by atoms with van der Waals surface area (Å²) in [7, 11) is 3.42. The van der Waals surface area contributed by atoms with Crippen molar-refractivity contribution in [1.82, 2.24) is 15.5 Å². The molecule has 5 nitrogen and oxygen atoms in total. The van der Waals surface area contributed by atoms with Gasteiger partial charge in [0.1, 0.15) is 12.4 Å². The maximum Gasteiger partial charge on any atom is 0.243 e. The highest BCUT2D eigenvalue weighted by atomic mass is 127. The van der Waals surface area contributed by atoms with Crippen molar-refractivity contribution < 1.29 is 9.18 Å². The molecule has 0 aliphatic rings. The Morgan fingerprint density at radius 3 is 2.58 bits per heavy atom. The lowest BCUT2D eigenvalue weighted by molar-refractivity contribution is -0.127. The average Bonchev–Trinajstić information content (AvgIpc) is 2.51. The van der Waals surface area contributed by atoms with Crippen LogP contribution in [0.15, 0.2) is 29.3 Å². The van der Waals surface area contributed by atoms with Crippen LogP contribution in [-0.4, -0.2) is 50.5 Å². The molecule has 2 N–H and O–H groups in total. The van der Waals surface area contributed by atoms with Crippen LogP contribution < -0.4 is 10.6 Å². The van der Waals surface area contributed by atoms with E-state index in [2.05, 4.69) is 22.5 Å². The Balaban J connectivity index is 0.00000529. The fraction of sp³-hybridized carbons (Fsp3) is 0.529. The second kappa shape index (κ2) is 13.0. The number of nitrogens with zero attached hydrogens (tertiary/aromatic N) is 2. The molecule has 0 heterocycles. The number of halogens is 2. The molecule has 0 atom stereocenters. The topological polar surface area (TPSA) is 56.7 Å². The minimum Gasteiger partial charge on any atom is -0.356 e. The van der Waals surface area contributed by atoms with E-state index in [1.54, 1.807) is 20.2 Å². The van der Waals surface area contributed by atoms with Gasteiger partial charge in [-0.1, -0.05) is 25.5 Å². The van der Waals surface area contributed by atoms with Crippen molar-refractivity contribution >= 4 is 35.8 Å². The van der Waals surface area contributed by atoms with Crippen LogP contribution in [0.1, 0.15) is 25.3 Å². The Morgan fingerprint density at radius 1 is 1.25 bits per heavy atom. The van der Waals surface area contributed by atoms with Gasteiger partial charge in [-0.3, -0.25) is 4.79 Å². The van der Waals surface area contributed by atoms with Gasteiger partial charge in [-0.05, 0) is 30.5 Å². The number of amides is 1. The summed E-state index contributed by atoms with van der Waals surface area (Å²) in [5.41, 5.74) is 0.926. The van der Waals surface area contributed by atoms with Crippen molar-refractivity contribution in [2.75, 3.05) is 33.7 Å². The van der Waals surface area contributed by atoms with Gasteiger partial charge in [-0.25, -0.2) is 9.38 Å². The Bertz CT molecular complexity index is 523. The molecular weight excluding hydrogens is 422 g/mol. The van der Waals surface area contributed by atoms with E-state index in [9.17, 15) is 9.18 Å². The number of carbonyl (C=O) groups is 1. The minimum atomic E-state index is -0.228. The summed E-state index contributed by atoms with van der Waals surface area (Å²) in [6.45, 7) is 3.65. The summed E-state index contributed by atoms with van der Waals surface area (Å²) >= 11 is 0. The summed E-state index contributed by atoms with van der Waals surface area (Å²) in [5.74, 6) is 0.339. The van der Waals surface area contributed by atoms with Crippen LogP contribution >= 0.6 is 24.0 Å². The molecule has 0 saturated carbocycles. The first-order valence-corrected chi connectivity index (χ1v) is 7.99. The minimum absolute atomic E-state index is 0.